The maximum atomic E-state index is 12.9. The predicted molar refractivity (Wildman–Crippen MR) is 114 cm³/mol. The summed E-state index contributed by atoms with van der Waals surface area (Å²) in [5.41, 5.74) is 2.42. The zero-order valence-corrected chi connectivity index (χ0v) is 17.9. The van der Waals surface area contributed by atoms with Crippen molar-refractivity contribution in [2.75, 3.05) is 26.1 Å². The highest BCUT2D eigenvalue weighted by molar-refractivity contribution is 6.30. The molecule has 1 atom stereocenters. The van der Waals surface area contributed by atoms with Crippen LogP contribution in [0.25, 0.3) is 0 Å². The van der Waals surface area contributed by atoms with Crippen molar-refractivity contribution in [1.29, 1.82) is 0 Å². The fraction of sp³-hybridized carbons (Fsp3) is 0.318. The van der Waals surface area contributed by atoms with Crippen molar-refractivity contribution in [2.45, 2.75) is 25.4 Å². The van der Waals surface area contributed by atoms with Gasteiger partial charge in [0.2, 0.25) is 5.91 Å². The molecule has 2 aromatic rings. The van der Waals surface area contributed by atoms with Gasteiger partial charge >= 0.3 is 6.03 Å². The molecule has 0 aromatic heterocycles. The van der Waals surface area contributed by atoms with Crippen LogP contribution in [-0.4, -0.2) is 54.5 Å². The van der Waals surface area contributed by atoms with Crippen LogP contribution in [0, 0.1) is 0 Å². The molecule has 2 heterocycles. The third kappa shape index (κ3) is 4.03. The number of hydrogen-bond acceptors (Lipinski definition) is 5. The number of carbonyl (C=O) groups excluding carboxylic acids is 3. The van der Waals surface area contributed by atoms with Gasteiger partial charge in [-0.3, -0.25) is 14.5 Å². The summed E-state index contributed by atoms with van der Waals surface area (Å²) in [6.07, 6.45) is 0.393. The fourth-order valence-corrected chi connectivity index (χ4v) is 4.16. The summed E-state index contributed by atoms with van der Waals surface area (Å²) in [6, 6.07) is 9.51. The Morgan fingerprint density at radius 1 is 1.13 bits per heavy atom. The Morgan fingerprint density at radius 2 is 1.84 bits per heavy atom. The van der Waals surface area contributed by atoms with Gasteiger partial charge in [0.1, 0.15) is 6.04 Å². The summed E-state index contributed by atoms with van der Waals surface area (Å²) in [4.78, 5) is 40.8. The van der Waals surface area contributed by atoms with Gasteiger partial charge < -0.3 is 19.7 Å². The topological polar surface area (TPSA) is 88.2 Å². The second kappa shape index (κ2) is 8.47. The molecule has 2 aliphatic heterocycles. The number of nitrogens with one attached hydrogen (secondary N) is 1. The van der Waals surface area contributed by atoms with Crippen LogP contribution in [-0.2, 0) is 22.6 Å². The van der Waals surface area contributed by atoms with Gasteiger partial charge in [0, 0.05) is 36.6 Å². The van der Waals surface area contributed by atoms with Crippen molar-refractivity contribution in [1.82, 2.24) is 9.80 Å². The number of benzene rings is 2. The molecule has 162 valence electrons. The molecule has 1 saturated heterocycles. The summed E-state index contributed by atoms with van der Waals surface area (Å²) in [5.74, 6) is 0.569. The van der Waals surface area contributed by atoms with Gasteiger partial charge in [0.15, 0.2) is 11.5 Å². The number of carbonyl (C=O) groups is 3. The molecule has 0 radical (unpaired) electrons. The van der Waals surface area contributed by atoms with E-state index in [1.54, 1.807) is 43.4 Å². The monoisotopic (exact) mass is 443 g/mol. The zero-order valence-electron chi connectivity index (χ0n) is 17.2. The first-order chi connectivity index (χ1) is 14.9. The van der Waals surface area contributed by atoms with E-state index in [0.717, 1.165) is 16.0 Å². The maximum absolute atomic E-state index is 12.9. The first kappa shape index (κ1) is 21.0. The van der Waals surface area contributed by atoms with E-state index in [0.29, 0.717) is 35.2 Å². The Hall–Kier alpha value is -3.26. The third-order valence-electron chi connectivity index (χ3n) is 5.53. The van der Waals surface area contributed by atoms with Gasteiger partial charge in [-0.05, 0) is 41.5 Å². The molecule has 8 nitrogen and oxygen atoms in total. The number of urea groups is 1. The van der Waals surface area contributed by atoms with Crippen LogP contribution in [0.15, 0.2) is 36.4 Å². The van der Waals surface area contributed by atoms with Gasteiger partial charge in [-0.15, -0.1) is 0 Å². The highest BCUT2D eigenvalue weighted by atomic mass is 35.5. The van der Waals surface area contributed by atoms with Crippen molar-refractivity contribution >= 4 is 35.1 Å². The Kier molecular flexibility index (Phi) is 5.73. The highest BCUT2D eigenvalue weighted by Crippen LogP contribution is 2.37. The molecule has 1 fully saturated rings. The lowest BCUT2D eigenvalue weighted by molar-refractivity contribution is -0.128. The quantitative estimate of drug-likeness (QED) is 0.693. The van der Waals surface area contributed by atoms with Gasteiger partial charge in [-0.2, -0.15) is 0 Å². The first-order valence-electron chi connectivity index (χ1n) is 9.82. The number of hydrogen-bond donors (Lipinski definition) is 1. The molecule has 2 aromatic carbocycles. The molecule has 0 unspecified atom stereocenters. The number of rotatable bonds is 6. The number of methoxy groups -OCH3 is 2. The zero-order chi connectivity index (χ0) is 22.1. The Morgan fingerprint density at radius 3 is 2.52 bits per heavy atom. The summed E-state index contributed by atoms with van der Waals surface area (Å²) >= 11 is 5.92. The molecule has 31 heavy (non-hydrogen) atoms. The molecule has 4 rings (SSSR count). The van der Waals surface area contributed by atoms with E-state index in [9.17, 15) is 14.4 Å². The van der Waals surface area contributed by atoms with Crippen LogP contribution < -0.4 is 14.8 Å². The van der Waals surface area contributed by atoms with Crippen LogP contribution >= 0.6 is 11.6 Å². The second-order valence-corrected chi connectivity index (χ2v) is 7.84. The number of amides is 4. The Balaban J connectivity index is 1.44. The summed E-state index contributed by atoms with van der Waals surface area (Å²) < 4.78 is 10.7. The molecule has 0 saturated carbocycles. The second-order valence-electron chi connectivity index (χ2n) is 7.40. The van der Waals surface area contributed by atoms with E-state index in [4.69, 9.17) is 21.1 Å². The lowest BCUT2D eigenvalue weighted by Crippen LogP contribution is -2.40. The Labute approximate surface area is 184 Å². The lowest BCUT2D eigenvalue weighted by Gasteiger charge is -2.29. The SMILES string of the molecule is COc1cc2c(cc1OC)CN1C(=O)N(CCC(=O)Nc3cccc(Cl)c3)C(=O)[C@H]1C2. The van der Waals surface area contributed by atoms with Gasteiger partial charge in [0.05, 0.1) is 14.2 Å². The summed E-state index contributed by atoms with van der Waals surface area (Å²) in [7, 11) is 3.11. The standard InChI is InChI=1S/C22H22ClN3O5/c1-30-18-9-13-8-17-21(28)25(22(29)26(17)12-14(13)10-19(18)31-2)7-6-20(27)24-16-5-3-4-15(23)11-16/h3-5,9-11,17H,6-8,12H2,1-2H3,(H,24,27)/t17-/m1/s1. The van der Waals surface area contributed by atoms with E-state index in [1.165, 1.54) is 0 Å². The third-order valence-corrected chi connectivity index (χ3v) is 5.77. The molecule has 0 spiro atoms. The van der Waals surface area contributed by atoms with Crippen molar-refractivity contribution in [2.24, 2.45) is 0 Å². The minimum Gasteiger partial charge on any atom is -0.493 e. The highest BCUT2D eigenvalue weighted by Gasteiger charge is 2.47. The normalized spacial score (nSPS) is 17.3. The van der Waals surface area contributed by atoms with Crippen LogP contribution in [0.4, 0.5) is 10.5 Å². The number of nitrogens with zero attached hydrogens (tertiary/aromatic N) is 2. The average molecular weight is 444 g/mol. The number of imide groups is 1. The maximum Gasteiger partial charge on any atom is 0.327 e. The molecular weight excluding hydrogens is 422 g/mol. The van der Waals surface area contributed by atoms with Crippen molar-refractivity contribution in [3.8, 4) is 11.5 Å². The minimum absolute atomic E-state index is 0.000846. The van der Waals surface area contributed by atoms with E-state index in [-0.39, 0.29) is 30.8 Å². The Bertz CT molecular complexity index is 1010. The molecule has 0 aliphatic carbocycles. The van der Waals surface area contributed by atoms with Crippen molar-refractivity contribution < 1.29 is 23.9 Å². The van der Waals surface area contributed by atoms with Crippen LogP contribution in [0.5, 0.6) is 11.5 Å². The van der Waals surface area contributed by atoms with Gasteiger partial charge in [-0.1, -0.05) is 17.7 Å². The first-order valence-corrected chi connectivity index (χ1v) is 10.2. The molecular formula is C22H22ClN3O5. The number of halogens is 1. The van der Waals surface area contributed by atoms with E-state index >= 15 is 0 Å². The van der Waals surface area contributed by atoms with Gasteiger partial charge in [0.25, 0.3) is 5.91 Å². The molecule has 1 N–H and O–H groups in total. The minimum atomic E-state index is -0.575. The molecule has 9 heteroatoms. The molecule has 2 aliphatic rings. The lowest BCUT2D eigenvalue weighted by atomic mass is 9.94. The van der Waals surface area contributed by atoms with Gasteiger partial charge in [-0.25, -0.2) is 4.79 Å². The summed E-state index contributed by atoms with van der Waals surface area (Å²) in [5, 5.41) is 3.23. The van der Waals surface area contributed by atoms with Crippen molar-refractivity contribution in [3.05, 3.63) is 52.5 Å². The molecule has 0 bridgehead atoms. The van der Waals surface area contributed by atoms with E-state index < -0.39 is 6.04 Å². The summed E-state index contributed by atoms with van der Waals surface area (Å²) in [6.45, 7) is 0.316. The van der Waals surface area contributed by atoms with E-state index in [1.807, 2.05) is 12.1 Å². The van der Waals surface area contributed by atoms with Crippen LogP contribution in [0.1, 0.15) is 17.5 Å². The molecule has 4 amide bonds. The smallest absolute Gasteiger partial charge is 0.327 e. The number of ether oxygens (including phenoxy) is 2. The van der Waals surface area contributed by atoms with Crippen LogP contribution in [0.3, 0.4) is 0 Å². The average Bonchev–Trinajstić information content (AvgIpc) is 2.98. The van der Waals surface area contributed by atoms with Crippen molar-refractivity contribution in [3.63, 3.8) is 0 Å². The van der Waals surface area contributed by atoms with Crippen LogP contribution in [0.2, 0.25) is 5.02 Å². The predicted octanol–water partition coefficient (Wildman–Crippen LogP) is 3.07. The fourth-order valence-electron chi connectivity index (χ4n) is 3.97. The van der Waals surface area contributed by atoms with E-state index in [2.05, 4.69) is 5.32 Å². The number of fused-ring (bicyclic) bond motifs is 2. The number of anilines is 1. The largest absolute Gasteiger partial charge is 0.493 e.